The maximum atomic E-state index is 4.93. The number of allylic oxidation sites excluding steroid dienone is 2. The first-order valence-electron chi connectivity index (χ1n) is 19.5. The van der Waals surface area contributed by atoms with Crippen LogP contribution in [0.4, 0.5) is 5.82 Å². The lowest BCUT2D eigenvalue weighted by Crippen LogP contribution is -2.34. The summed E-state index contributed by atoms with van der Waals surface area (Å²) in [6.07, 6.45) is 19.5. The molecule has 0 amide bonds. The summed E-state index contributed by atoms with van der Waals surface area (Å²) >= 11 is 1.81. The van der Waals surface area contributed by atoms with E-state index >= 15 is 0 Å². The topological polar surface area (TPSA) is 32.3 Å². The van der Waals surface area contributed by atoms with Crippen molar-refractivity contribution in [3.05, 3.63) is 89.0 Å². The molecular formula is C44H64N4S. The third kappa shape index (κ3) is 10.1. The largest absolute Gasteiger partial charge is 0.376 e. The Labute approximate surface area is 303 Å². The van der Waals surface area contributed by atoms with Crippen LogP contribution in [-0.4, -0.2) is 34.5 Å². The molecule has 2 aromatic heterocycles. The number of anilines is 1. The molecule has 6 rings (SSSR count). The van der Waals surface area contributed by atoms with Crippen LogP contribution >= 0.6 is 11.3 Å². The molecule has 2 saturated carbocycles. The Balaban J connectivity index is 0.000000402. The summed E-state index contributed by atoms with van der Waals surface area (Å²) in [4.78, 5) is 15.7. The maximum Gasteiger partial charge on any atom is 0.133 e. The highest BCUT2D eigenvalue weighted by molar-refractivity contribution is 7.15. The van der Waals surface area contributed by atoms with Crippen molar-refractivity contribution in [2.24, 2.45) is 17.8 Å². The predicted molar refractivity (Wildman–Crippen MR) is 213 cm³/mol. The summed E-state index contributed by atoms with van der Waals surface area (Å²) in [5.74, 6) is 4.40. The van der Waals surface area contributed by atoms with E-state index in [0.29, 0.717) is 23.7 Å². The van der Waals surface area contributed by atoms with E-state index in [-0.39, 0.29) is 0 Å². The fourth-order valence-corrected chi connectivity index (χ4v) is 9.03. The highest BCUT2D eigenvalue weighted by Crippen LogP contribution is 2.40. The van der Waals surface area contributed by atoms with Gasteiger partial charge in [-0.25, -0.2) is 9.97 Å². The van der Waals surface area contributed by atoms with Gasteiger partial charge in [0.1, 0.15) is 5.82 Å². The number of likely N-dealkylation sites (tertiary alicyclic amines) is 1. The second-order valence-electron chi connectivity index (χ2n) is 15.7. The number of hydrogen-bond donors (Lipinski definition) is 0. The molecule has 3 aromatic rings. The van der Waals surface area contributed by atoms with Crippen LogP contribution < -0.4 is 4.90 Å². The Morgan fingerprint density at radius 1 is 0.939 bits per heavy atom. The summed E-state index contributed by atoms with van der Waals surface area (Å²) in [6.45, 7) is 25.5. The average molecular weight is 681 g/mol. The Morgan fingerprint density at radius 2 is 1.65 bits per heavy atom. The van der Waals surface area contributed by atoms with Crippen LogP contribution in [0.25, 0.3) is 10.4 Å². The van der Waals surface area contributed by atoms with Crippen molar-refractivity contribution in [2.45, 2.75) is 130 Å². The van der Waals surface area contributed by atoms with E-state index in [1.165, 1.54) is 122 Å². The van der Waals surface area contributed by atoms with E-state index in [2.05, 4.69) is 93.2 Å². The monoisotopic (exact) mass is 680 g/mol. The zero-order chi connectivity index (χ0) is 34.9. The molecule has 266 valence electrons. The molecule has 0 radical (unpaired) electrons. The second-order valence-corrected chi connectivity index (χ2v) is 16.8. The van der Waals surface area contributed by atoms with Crippen LogP contribution in [0.2, 0.25) is 0 Å². The number of thiazole rings is 1. The zero-order valence-electron chi connectivity index (χ0n) is 31.6. The highest BCUT2D eigenvalue weighted by Gasteiger charge is 2.29. The molecular weight excluding hydrogens is 617 g/mol. The molecule has 2 aliphatic carbocycles. The minimum absolute atomic E-state index is 0.455. The number of aryl methyl sites for hydroxylation is 2. The number of rotatable bonds is 10. The fourth-order valence-electron chi connectivity index (χ4n) is 8.12. The molecule has 0 N–H and O–H groups in total. The minimum atomic E-state index is 0.455. The number of nitrogens with zero attached hydrogens (tertiary/aromatic N) is 4. The zero-order valence-corrected chi connectivity index (χ0v) is 32.5. The van der Waals surface area contributed by atoms with E-state index < -0.39 is 0 Å². The second kappa shape index (κ2) is 17.8. The van der Waals surface area contributed by atoms with E-state index in [4.69, 9.17) is 11.6 Å². The van der Waals surface area contributed by atoms with Crippen LogP contribution in [0.1, 0.15) is 139 Å². The van der Waals surface area contributed by atoms with Gasteiger partial charge in [-0.1, -0.05) is 78.3 Å². The van der Waals surface area contributed by atoms with Gasteiger partial charge in [-0.15, -0.1) is 11.3 Å². The van der Waals surface area contributed by atoms with Gasteiger partial charge in [0.05, 0.1) is 9.88 Å². The first-order chi connectivity index (χ1) is 23.6. The van der Waals surface area contributed by atoms with Gasteiger partial charge in [-0.05, 0) is 130 Å². The Hall–Kier alpha value is -2.92. The first-order valence-corrected chi connectivity index (χ1v) is 20.3. The molecule has 1 aromatic carbocycles. The SMILES string of the molecule is C=C(C)N1CCC(C)CC1.C=C(C1CCCCC1)N(CC1CCC(c2ccc(CC)c(C)c2)CC1)c1cc(-c2cnc(C(C)C)s2)ccn1. The van der Waals surface area contributed by atoms with E-state index in [9.17, 15) is 0 Å². The summed E-state index contributed by atoms with van der Waals surface area (Å²) < 4.78 is 0. The van der Waals surface area contributed by atoms with Gasteiger partial charge in [0, 0.05) is 49.3 Å². The molecule has 0 spiro atoms. The number of benzene rings is 1. The smallest absolute Gasteiger partial charge is 0.133 e. The van der Waals surface area contributed by atoms with E-state index in [1.54, 1.807) is 5.56 Å². The van der Waals surface area contributed by atoms with Crippen LogP contribution in [0.3, 0.4) is 0 Å². The Bertz CT molecular complexity index is 1500. The number of pyridine rings is 1. The molecule has 3 heterocycles. The van der Waals surface area contributed by atoms with Crippen LogP contribution in [-0.2, 0) is 6.42 Å². The summed E-state index contributed by atoms with van der Waals surface area (Å²) in [5, 5.41) is 1.20. The molecule has 1 saturated heterocycles. The highest BCUT2D eigenvalue weighted by atomic mass is 32.1. The fraction of sp³-hybridized carbons (Fsp3) is 0.591. The molecule has 4 nitrogen and oxygen atoms in total. The van der Waals surface area contributed by atoms with Crippen LogP contribution in [0.5, 0.6) is 0 Å². The summed E-state index contributed by atoms with van der Waals surface area (Å²) in [7, 11) is 0. The van der Waals surface area contributed by atoms with Crippen molar-refractivity contribution in [2.75, 3.05) is 24.5 Å². The molecule has 1 aliphatic heterocycles. The molecule has 3 fully saturated rings. The average Bonchev–Trinajstić information content (AvgIpc) is 3.63. The lowest BCUT2D eigenvalue weighted by atomic mass is 9.77. The molecule has 5 heteroatoms. The van der Waals surface area contributed by atoms with Gasteiger partial charge in [0.2, 0.25) is 0 Å². The molecule has 0 unspecified atom stereocenters. The van der Waals surface area contributed by atoms with Gasteiger partial charge >= 0.3 is 0 Å². The van der Waals surface area contributed by atoms with E-state index in [0.717, 1.165) is 24.7 Å². The third-order valence-electron chi connectivity index (χ3n) is 11.6. The Morgan fingerprint density at radius 3 is 2.27 bits per heavy atom. The van der Waals surface area contributed by atoms with E-state index in [1.807, 2.05) is 23.7 Å². The van der Waals surface area contributed by atoms with Crippen molar-refractivity contribution in [3.63, 3.8) is 0 Å². The van der Waals surface area contributed by atoms with Crippen molar-refractivity contribution >= 4 is 17.2 Å². The van der Waals surface area contributed by atoms with Gasteiger partial charge in [-0.3, -0.25) is 0 Å². The van der Waals surface area contributed by atoms with Gasteiger partial charge in [0.25, 0.3) is 0 Å². The quantitative estimate of drug-likeness (QED) is 0.213. The predicted octanol–water partition coefficient (Wildman–Crippen LogP) is 12.3. The van der Waals surface area contributed by atoms with Crippen molar-refractivity contribution < 1.29 is 0 Å². The molecule has 0 atom stereocenters. The van der Waals surface area contributed by atoms with Gasteiger partial charge < -0.3 is 9.80 Å². The number of piperidine rings is 1. The third-order valence-corrected chi connectivity index (χ3v) is 12.9. The van der Waals surface area contributed by atoms with Crippen molar-refractivity contribution in [1.29, 1.82) is 0 Å². The summed E-state index contributed by atoms with van der Waals surface area (Å²) in [6, 6.07) is 11.6. The molecule has 0 bridgehead atoms. The lowest BCUT2D eigenvalue weighted by Gasteiger charge is -2.37. The van der Waals surface area contributed by atoms with Gasteiger partial charge in [-0.2, -0.15) is 0 Å². The Kier molecular flexibility index (Phi) is 13.6. The van der Waals surface area contributed by atoms with Crippen molar-refractivity contribution in [3.8, 4) is 10.4 Å². The number of hydrogen-bond acceptors (Lipinski definition) is 5. The minimum Gasteiger partial charge on any atom is -0.376 e. The first kappa shape index (κ1) is 37.3. The standard InChI is InChI=1S/C35H47N3S.C9H17N/c1-6-28-16-17-31(20-25(28)4)30-14-12-27(13-15-30)23-38(26(5)29-10-8-7-9-11-29)34-21-32(18-19-36-34)33-22-37-35(39-33)24(2)3;1-8(2)10-6-4-9(3)5-7-10/h16-22,24,27,29-30H,5-15,23H2,1-4H3;9H,1,4-7H2,2-3H3. The maximum absolute atomic E-state index is 4.93. The summed E-state index contributed by atoms with van der Waals surface area (Å²) in [5.41, 5.74) is 8.23. The van der Waals surface area contributed by atoms with Crippen LogP contribution in [0.15, 0.2) is 67.3 Å². The number of aromatic nitrogens is 2. The molecule has 3 aliphatic rings. The lowest BCUT2D eigenvalue weighted by molar-refractivity contribution is 0.238. The molecule has 49 heavy (non-hydrogen) atoms. The normalized spacial score (nSPS) is 20.5. The van der Waals surface area contributed by atoms with Gasteiger partial charge in [0.15, 0.2) is 0 Å². The van der Waals surface area contributed by atoms with Crippen LogP contribution in [0, 0.1) is 24.7 Å². The van der Waals surface area contributed by atoms with Crippen molar-refractivity contribution in [1.82, 2.24) is 14.9 Å².